The van der Waals surface area contributed by atoms with Gasteiger partial charge in [-0.1, -0.05) is 11.3 Å². The fourth-order valence-corrected chi connectivity index (χ4v) is 2.40. The largest absolute Gasteiger partial charge is 0.497 e. The molecule has 0 unspecified atom stereocenters. The minimum absolute atomic E-state index is 0.219. The minimum Gasteiger partial charge on any atom is -0.497 e. The molecule has 0 atom stereocenters. The zero-order valence-electron chi connectivity index (χ0n) is 11.8. The Balaban J connectivity index is 2.16. The van der Waals surface area contributed by atoms with Gasteiger partial charge in [-0.15, -0.1) is 16.7 Å². The molecule has 0 saturated heterocycles. The first-order chi connectivity index (χ1) is 10.7. The Morgan fingerprint density at radius 2 is 1.95 bits per heavy atom. The third-order valence-electron chi connectivity index (χ3n) is 3.28. The highest BCUT2D eigenvalue weighted by atomic mass is 35.5. The molecule has 0 fully saturated rings. The highest BCUT2D eigenvalue weighted by Crippen LogP contribution is 2.27. The van der Waals surface area contributed by atoms with Crippen molar-refractivity contribution in [3.05, 3.63) is 60.0 Å². The summed E-state index contributed by atoms with van der Waals surface area (Å²) in [5.74, 6) is 0.637. The van der Waals surface area contributed by atoms with Gasteiger partial charge in [-0.2, -0.15) is 0 Å². The molecule has 1 heterocycles. The second-order valence-corrected chi connectivity index (χ2v) is 4.91. The van der Waals surface area contributed by atoms with Crippen LogP contribution >= 0.6 is 11.6 Å². The fourth-order valence-electron chi connectivity index (χ4n) is 2.22. The lowest BCUT2D eigenvalue weighted by Gasteiger charge is -2.09. The molecule has 112 valence electrons. The number of rotatable bonds is 4. The lowest BCUT2D eigenvalue weighted by atomic mass is 10.1. The Bertz CT molecular complexity index is 786. The van der Waals surface area contributed by atoms with Crippen molar-refractivity contribution in [3.63, 3.8) is 0 Å². The number of ether oxygens (including phenoxy) is 1. The van der Waals surface area contributed by atoms with Crippen molar-refractivity contribution in [2.75, 3.05) is 7.11 Å². The van der Waals surface area contributed by atoms with E-state index in [1.54, 1.807) is 23.9 Å². The van der Waals surface area contributed by atoms with E-state index in [1.165, 1.54) is 12.1 Å². The van der Waals surface area contributed by atoms with Gasteiger partial charge in [0.2, 0.25) is 0 Å². The fraction of sp³-hybridized carbons (Fsp3) is 0.125. The smallest absolute Gasteiger partial charge is 0.123 e. The number of nitrogens with zero attached hydrogens (tertiary/aromatic N) is 3. The molecule has 0 aliphatic carbocycles. The van der Waals surface area contributed by atoms with Crippen LogP contribution in [0, 0.1) is 5.82 Å². The third-order valence-corrected chi connectivity index (χ3v) is 3.54. The van der Waals surface area contributed by atoms with Crippen LogP contribution in [0.15, 0.2) is 48.5 Å². The molecule has 0 aliphatic rings. The van der Waals surface area contributed by atoms with Crippen LogP contribution < -0.4 is 4.74 Å². The quantitative estimate of drug-likeness (QED) is 0.687. The molecular weight excluding hydrogens is 305 g/mol. The van der Waals surface area contributed by atoms with E-state index in [-0.39, 0.29) is 11.7 Å². The van der Waals surface area contributed by atoms with E-state index in [0.29, 0.717) is 11.4 Å². The Hall–Kier alpha value is -2.40. The Morgan fingerprint density at radius 1 is 1.18 bits per heavy atom. The van der Waals surface area contributed by atoms with Crippen molar-refractivity contribution >= 4 is 11.6 Å². The molecule has 6 heteroatoms. The lowest BCUT2D eigenvalue weighted by Crippen LogP contribution is -2.00. The van der Waals surface area contributed by atoms with Crippen LogP contribution in [0.5, 0.6) is 5.75 Å². The monoisotopic (exact) mass is 317 g/mol. The second-order valence-electron chi connectivity index (χ2n) is 4.64. The van der Waals surface area contributed by atoms with Crippen molar-refractivity contribution in [2.45, 2.75) is 5.88 Å². The number of halogens is 2. The van der Waals surface area contributed by atoms with Gasteiger partial charge in [0, 0.05) is 11.6 Å². The van der Waals surface area contributed by atoms with Crippen LogP contribution in [0.3, 0.4) is 0 Å². The number of methoxy groups -OCH3 is 1. The van der Waals surface area contributed by atoms with Crippen molar-refractivity contribution in [1.82, 2.24) is 15.0 Å². The molecule has 0 amide bonds. The highest BCUT2D eigenvalue weighted by Gasteiger charge is 2.16. The Morgan fingerprint density at radius 3 is 2.64 bits per heavy atom. The van der Waals surface area contributed by atoms with E-state index in [1.807, 2.05) is 24.3 Å². The normalized spacial score (nSPS) is 10.7. The predicted octanol–water partition coefficient (Wildman–Crippen LogP) is 3.82. The number of hydrogen-bond donors (Lipinski definition) is 0. The first-order valence-electron chi connectivity index (χ1n) is 6.64. The standard InChI is InChI=1S/C16H13ClFN3O/c1-22-14-4-2-3-13(9-14)21-16(15(10-17)19-20-21)11-5-7-12(18)8-6-11/h2-9H,10H2,1H3. The van der Waals surface area contributed by atoms with Crippen LogP contribution in [0.4, 0.5) is 4.39 Å². The van der Waals surface area contributed by atoms with Crippen molar-refractivity contribution in [3.8, 4) is 22.7 Å². The van der Waals surface area contributed by atoms with Gasteiger partial charge in [0.05, 0.1) is 24.4 Å². The van der Waals surface area contributed by atoms with Crippen molar-refractivity contribution in [1.29, 1.82) is 0 Å². The van der Waals surface area contributed by atoms with E-state index in [2.05, 4.69) is 10.3 Å². The maximum Gasteiger partial charge on any atom is 0.123 e. The summed E-state index contributed by atoms with van der Waals surface area (Å²) in [6.07, 6.45) is 0. The lowest BCUT2D eigenvalue weighted by molar-refractivity contribution is 0.414. The highest BCUT2D eigenvalue weighted by molar-refractivity contribution is 6.17. The Kier molecular flexibility index (Phi) is 4.06. The molecule has 0 bridgehead atoms. The zero-order valence-corrected chi connectivity index (χ0v) is 12.6. The van der Waals surface area contributed by atoms with E-state index in [0.717, 1.165) is 16.9 Å². The number of aromatic nitrogens is 3. The summed E-state index contributed by atoms with van der Waals surface area (Å²) in [5.41, 5.74) is 2.96. The summed E-state index contributed by atoms with van der Waals surface area (Å²) in [6.45, 7) is 0. The zero-order chi connectivity index (χ0) is 15.5. The summed E-state index contributed by atoms with van der Waals surface area (Å²) < 4.78 is 20.1. The SMILES string of the molecule is COc1cccc(-n2nnc(CCl)c2-c2ccc(F)cc2)c1. The summed E-state index contributed by atoms with van der Waals surface area (Å²) in [4.78, 5) is 0. The minimum atomic E-state index is -0.295. The number of hydrogen-bond acceptors (Lipinski definition) is 3. The third kappa shape index (κ3) is 2.67. The average molecular weight is 318 g/mol. The van der Waals surface area contributed by atoms with Crippen LogP contribution in [-0.2, 0) is 5.88 Å². The molecule has 3 rings (SSSR count). The van der Waals surface area contributed by atoms with E-state index >= 15 is 0 Å². The van der Waals surface area contributed by atoms with Gasteiger partial charge in [0.15, 0.2) is 0 Å². The van der Waals surface area contributed by atoms with Crippen LogP contribution in [0.1, 0.15) is 5.69 Å². The maximum atomic E-state index is 13.2. The first kappa shape index (κ1) is 14.5. The molecular formula is C16H13ClFN3O. The molecule has 22 heavy (non-hydrogen) atoms. The summed E-state index contributed by atoms with van der Waals surface area (Å²) >= 11 is 5.96. The van der Waals surface area contributed by atoms with E-state index in [4.69, 9.17) is 16.3 Å². The predicted molar refractivity (Wildman–Crippen MR) is 82.9 cm³/mol. The van der Waals surface area contributed by atoms with Gasteiger partial charge >= 0.3 is 0 Å². The number of benzene rings is 2. The molecule has 3 aromatic rings. The number of alkyl halides is 1. The van der Waals surface area contributed by atoms with Gasteiger partial charge in [-0.3, -0.25) is 0 Å². The van der Waals surface area contributed by atoms with Crippen LogP contribution in [0.25, 0.3) is 16.9 Å². The molecule has 0 N–H and O–H groups in total. The molecule has 0 radical (unpaired) electrons. The van der Waals surface area contributed by atoms with Gasteiger partial charge in [-0.05, 0) is 36.4 Å². The summed E-state index contributed by atoms with van der Waals surface area (Å²) in [7, 11) is 1.60. The molecule has 0 aliphatic heterocycles. The van der Waals surface area contributed by atoms with Gasteiger partial charge in [0.1, 0.15) is 17.3 Å². The molecule has 2 aromatic carbocycles. The molecule has 4 nitrogen and oxygen atoms in total. The van der Waals surface area contributed by atoms with Crippen LogP contribution in [0.2, 0.25) is 0 Å². The van der Waals surface area contributed by atoms with Gasteiger partial charge in [-0.25, -0.2) is 9.07 Å². The maximum absolute atomic E-state index is 13.2. The van der Waals surface area contributed by atoms with Crippen LogP contribution in [-0.4, -0.2) is 22.1 Å². The average Bonchev–Trinajstić information content (AvgIpc) is 2.99. The van der Waals surface area contributed by atoms with Gasteiger partial charge < -0.3 is 4.74 Å². The topological polar surface area (TPSA) is 39.9 Å². The molecule has 0 saturated carbocycles. The molecule has 1 aromatic heterocycles. The van der Waals surface area contributed by atoms with Crippen molar-refractivity contribution < 1.29 is 9.13 Å². The van der Waals surface area contributed by atoms with Crippen molar-refractivity contribution in [2.24, 2.45) is 0 Å². The Labute approximate surface area is 132 Å². The molecule has 0 spiro atoms. The van der Waals surface area contributed by atoms with E-state index < -0.39 is 0 Å². The van der Waals surface area contributed by atoms with E-state index in [9.17, 15) is 4.39 Å². The summed E-state index contributed by atoms with van der Waals surface area (Å²) in [6, 6.07) is 13.6. The first-order valence-corrected chi connectivity index (χ1v) is 7.17. The van der Waals surface area contributed by atoms with Gasteiger partial charge in [0.25, 0.3) is 0 Å². The summed E-state index contributed by atoms with van der Waals surface area (Å²) in [5, 5.41) is 8.28. The second kappa shape index (κ2) is 6.15.